The molecule has 0 spiro atoms. The van der Waals surface area contributed by atoms with Crippen molar-refractivity contribution >= 4 is 5.69 Å². The molecule has 0 N–H and O–H groups in total. The second kappa shape index (κ2) is 4.28. The highest BCUT2D eigenvalue weighted by atomic mass is 16.7. The fourth-order valence-corrected chi connectivity index (χ4v) is 1.76. The third-order valence-corrected chi connectivity index (χ3v) is 3.56. The molecule has 0 radical (unpaired) electrons. The topological polar surface area (TPSA) is 67.2 Å². The SMILES string of the molecule is CC1(C)OC(c2cccc(N=[N+]=[N-])c2)OC1(C)C. The number of azide groups is 1. The highest BCUT2D eigenvalue weighted by Gasteiger charge is 2.49. The average molecular weight is 247 g/mol. The first-order valence-electron chi connectivity index (χ1n) is 5.86. The summed E-state index contributed by atoms with van der Waals surface area (Å²) in [5.74, 6) is 0. The van der Waals surface area contributed by atoms with Gasteiger partial charge in [-0.1, -0.05) is 23.3 Å². The zero-order valence-electron chi connectivity index (χ0n) is 11.0. The third-order valence-electron chi connectivity index (χ3n) is 3.56. The van der Waals surface area contributed by atoms with Crippen molar-refractivity contribution in [3.05, 3.63) is 40.3 Å². The van der Waals surface area contributed by atoms with E-state index in [-0.39, 0.29) is 11.2 Å². The Morgan fingerprint density at radius 3 is 2.33 bits per heavy atom. The summed E-state index contributed by atoms with van der Waals surface area (Å²) in [4.78, 5) is 2.77. The van der Waals surface area contributed by atoms with Crippen molar-refractivity contribution < 1.29 is 9.47 Å². The molecular weight excluding hydrogens is 230 g/mol. The van der Waals surface area contributed by atoms with Crippen molar-refractivity contribution in [2.24, 2.45) is 5.11 Å². The van der Waals surface area contributed by atoms with Gasteiger partial charge >= 0.3 is 0 Å². The lowest BCUT2D eigenvalue weighted by Crippen LogP contribution is -2.41. The van der Waals surface area contributed by atoms with Crippen molar-refractivity contribution in [1.82, 2.24) is 0 Å². The second-order valence-electron chi connectivity index (χ2n) is 5.37. The number of hydrogen-bond donors (Lipinski definition) is 0. The number of hydrogen-bond acceptors (Lipinski definition) is 3. The van der Waals surface area contributed by atoms with Gasteiger partial charge in [-0.25, -0.2) is 0 Å². The molecule has 5 nitrogen and oxygen atoms in total. The van der Waals surface area contributed by atoms with Crippen LogP contribution in [0.5, 0.6) is 0 Å². The lowest BCUT2D eigenvalue weighted by atomic mass is 9.90. The molecule has 18 heavy (non-hydrogen) atoms. The Labute approximate surface area is 106 Å². The first kappa shape index (κ1) is 12.9. The Kier molecular flexibility index (Phi) is 3.07. The number of ether oxygens (including phenoxy) is 2. The molecule has 1 aliphatic heterocycles. The first-order chi connectivity index (χ1) is 8.36. The minimum absolute atomic E-state index is 0.369. The molecule has 1 aliphatic rings. The molecule has 0 aromatic heterocycles. The van der Waals surface area contributed by atoms with Crippen molar-refractivity contribution in [2.45, 2.75) is 45.2 Å². The minimum atomic E-state index is -0.427. The monoisotopic (exact) mass is 247 g/mol. The molecule has 0 saturated carbocycles. The van der Waals surface area contributed by atoms with Crippen LogP contribution >= 0.6 is 0 Å². The maximum atomic E-state index is 8.44. The zero-order chi connectivity index (χ0) is 13.4. The molecule has 1 heterocycles. The van der Waals surface area contributed by atoms with Gasteiger partial charge in [0.2, 0.25) is 0 Å². The van der Waals surface area contributed by atoms with Gasteiger partial charge in [-0.2, -0.15) is 0 Å². The highest BCUT2D eigenvalue weighted by Crippen LogP contribution is 2.45. The van der Waals surface area contributed by atoms with Crippen LogP contribution < -0.4 is 0 Å². The van der Waals surface area contributed by atoms with Gasteiger partial charge in [-0.3, -0.25) is 0 Å². The summed E-state index contributed by atoms with van der Waals surface area (Å²) in [5, 5.41) is 3.58. The highest BCUT2D eigenvalue weighted by molar-refractivity contribution is 5.40. The maximum absolute atomic E-state index is 8.44. The Morgan fingerprint density at radius 1 is 1.17 bits per heavy atom. The Morgan fingerprint density at radius 2 is 1.78 bits per heavy atom. The normalized spacial score (nSPS) is 21.6. The standard InChI is InChI=1S/C13H17N3O2/c1-12(2)13(3,4)18-11(17-12)9-6-5-7-10(8-9)15-16-14/h5-8,11H,1-4H3. The summed E-state index contributed by atoms with van der Waals surface area (Å²) >= 11 is 0. The smallest absolute Gasteiger partial charge is 0.185 e. The molecule has 0 unspecified atom stereocenters. The fourth-order valence-electron chi connectivity index (χ4n) is 1.76. The summed E-state index contributed by atoms with van der Waals surface area (Å²) < 4.78 is 11.9. The zero-order valence-corrected chi connectivity index (χ0v) is 11.0. The summed E-state index contributed by atoms with van der Waals surface area (Å²) in [6.07, 6.45) is -0.427. The van der Waals surface area contributed by atoms with Crippen molar-refractivity contribution in [1.29, 1.82) is 0 Å². The molecule has 1 fully saturated rings. The molecule has 0 amide bonds. The second-order valence-corrected chi connectivity index (χ2v) is 5.37. The lowest BCUT2D eigenvalue weighted by Gasteiger charge is -2.30. The van der Waals surface area contributed by atoms with E-state index >= 15 is 0 Å². The molecule has 1 aromatic carbocycles. The molecule has 2 rings (SSSR count). The fraction of sp³-hybridized carbons (Fsp3) is 0.538. The van der Waals surface area contributed by atoms with Crippen LogP contribution in [0, 0.1) is 0 Å². The first-order valence-corrected chi connectivity index (χ1v) is 5.86. The number of rotatable bonds is 2. The molecule has 1 saturated heterocycles. The molecule has 0 atom stereocenters. The van der Waals surface area contributed by atoms with Crippen LogP contribution in [0.15, 0.2) is 29.4 Å². The van der Waals surface area contributed by atoms with Crippen LogP contribution in [0.4, 0.5) is 5.69 Å². The van der Waals surface area contributed by atoms with E-state index in [1.165, 1.54) is 0 Å². The van der Waals surface area contributed by atoms with Gasteiger partial charge in [0.1, 0.15) is 0 Å². The summed E-state index contributed by atoms with van der Waals surface area (Å²) in [5.41, 5.74) is 9.12. The van der Waals surface area contributed by atoms with E-state index in [0.717, 1.165) is 5.56 Å². The van der Waals surface area contributed by atoms with Crippen molar-refractivity contribution in [3.63, 3.8) is 0 Å². The molecule has 0 aliphatic carbocycles. The maximum Gasteiger partial charge on any atom is 0.185 e. The van der Waals surface area contributed by atoms with Gasteiger partial charge in [0.05, 0.1) is 11.2 Å². The molecule has 0 bridgehead atoms. The molecule has 1 aromatic rings. The van der Waals surface area contributed by atoms with E-state index in [9.17, 15) is 0 Å². The lowest BCUT2D eigenvalue weighted by molar-refractivity contribution is -0.0895. The molecule has 5 heteroatoms. The number of benzene rings is 1. The van der Waals surface area contributed by atoms with E-state index in [2.05, 4.69) is 10.0 Å². The van der Waals surface area contributed by atoms with Crippen molar-refractivity contribution in [2.75, 3.05) is 0 Å². The largest absolute Gasteiger partial charge is 0.339 e. The van der Waals surface area contributed by atoms with Crippen LogP contribution in [0.2, 0.25) is 0 Å². The van der Waals surface area contributed by atoms with Crippen molar-refractivity contribution in [3.8, 4) is 0 Å². The minimum Gasteiger partial charge on any atom is -0.339 e. The van der Waals surface area contributed by atoms with Gasteiger partial charge in [-0.15, -0.1) is 0 Å². The van der Waals surface area contributed by atoms with Crippen LogP contribution in [0.25, 0.3) is 10.4 Å². The van der Waals surface area contributed by atoms with Crippen LogP contribution in [0.3, 0.4) is 0 Å². The summed E-state index contributed by atoms with van der Waals surface area (Å²) in [7, 11) is 0. The van der Waals surface area contributed by atoms with E-state index in [1.807, 2.05) is 39.8 Å². The van der Waals surface area contributed by atoms with E-state index in [1.54, 1.807) is 12.1 Å². The Bertz CT molecular complexity index is 489. The quantitative estimate of drug-likeness (QED) is 0.446. The van der Waals surface area contributed by atoms with E-state index in [0.29, 0.717) is 5.69 Å². The van der Waals surface area contributed by atoms with E-state index < -0.39 is 6.29 Å². The van der Waals surface area contributed by atoms with Gasteiger partial charge in [0.15, 0.2) is 6.29 Å². The Balaban J connectivity index is 2.29. The summed E-state index contributed by atoms with van der Waals surface area (Å²) in [6.45, 7) is 8.02. The number of nitrogens with zero attached hydrogens (tertiary/aromatic N) is 3. The molecular formula is C13H17N3O2. The van der Waals surface area contributed by atoms with Gasteiger partial charge in [-0.05, 0) is 39.3 Å². The van der Waals surface area contributed by atoms with Crippen LogP contribution in [-0.4, -0.2) is 11.2 Å². The predicted octanol–water partition coefficient (Wildman–Crippen LogP) is 4.23. The van der Waals surface area contributed by atoms with Gasteiger partial charge < -0.3 is 9.47 Å². The Hall–Kier alpha value is -1.55. The molecule has 96 valence electrons. The van der Waals surface area contributed by atoms with Gasteiger partial charge in [0.25, 0.3) is 0 Å². The summed E-state index contributed by atoms with van der Waals surface area (Å²) in [6, 6.07) is 7.25. The predicted molar refractivity (Wildman–Crippen MR) is 68.3 cm³/mol. The van der Waals surface area contributed by atoms with E-state index in [4.69, 9.17) is 15.0 Å². The average Bonchev–Trinajstić information content (AvgIpc) is 2.49. The third kappa shape index (κ3) is 2.20. The van der Waals surface area contributed by atoms with Gasteiger partial charge in [0, 0.05) is 16.2 Å². The van der Waals surface area contributed by atoms with Crippen LogP contribution in [0.1, 0.15) is 39.5 Å². The van der Waals surface area contributed by atoms with Crippen LogP contribution in [-0.2, 0) is 9.47 Å².